The molecule has 1 unspecified atom stereocenters. The largest absolute Gasteiger partial charge is 0.396 e. The Balaban J connectivity index is 0. The summed E-state index contributed by atoms with van der Waals surface area (Å²) in [5.41, 5.74) is 0. The number of aliphatic hydroxyl groups excluding tert-OH is 2. The summed E-state index contributed by atoms with van der Waals surface area (Å²) in [6.45, 7) is 5.46. The molecule has 172 valence electrons. The zero-order valence-electron chi connectivity index (χ0n) is 20.1. The zero-order chi connectivity index (χ0) is 21.3. The van der Waals surface area contributed by atoms with Gasteiger partial charge in [-0.2, -0.15) is 0 Å². The lowest BCUT2D eigenvalue weighted by Gasteiger charge is -2.08. The molecule has 0 fully saturated rings. The van der Waals surface area contributed by atoms with Gasteiger partial charge in [-0.1, -0.05) is 103 Å². The van der Waals surface area contributed by atoms with Gasteiger partial charge in [-0.25, -0.2) is 0 Å². The monoisotopic (exact) mass is 401 g/mol. The van der Waals surface area contributed by atoms with Crippen LogP contribution in [0.4, 0.5) is 0 Å². The Hall–Kier alpha value is -0.120. The van der Waals surface area contributed by atoms with Crippen molar-refractivity contribution < 1.29 is 10.2 Å². The van der Waals surface area contributed by atoms with Gasteiger partial charge in [0.1, 0.15) is 0 Å². The third-order valence-corrected chi connectivity index (χ3v) is 5.24. The molecule has 0 spiro atoms. The fraction of sp³-hybridized carbons (Fsp3) is 1.00. The Morgan fingerprint density at radius 1 is 0.607 bits per heavy atom. The molecule has 0 aromatic heterocycles. The van der Waals surface area contributed by atoms with Crippen molar-refractivity contribution in [3.05, 3.63) is 0 Å². The highest BCUT2D eigenvalue weighted by Crippen LogP contribution is 2.13. The Labute approximate surface area is 178 Å². The van der Waals surface area contributed by atoms with Gasteiger partial charge in [0.25, 0.3) is 0 Å². The van der Waals surface area contributed by atoms with Crippen LogP contribution in [0.2, 0.25) is 0 Å². The minimum atomic E-state index is -0.257. The molecule has 0 aliphatic carbocycles. The lowest BCUT2D eigenvalue weighted by molar-refractivity contribution is 0.167. The van der Waals surface area contributed by atoms with Crippen LogP contribution in [0.15, 0.2) is 0 Å². The summed E-state index contributed by atoms with van der Waals surface area (Å²) in [5, 5.41) is 16.8. The number of hydrogen-bond acceptors (Lipinski definition) is 3. The minimum Gasteiger partial charge on any atom is -0.396 e. The van der Waals surface area contributed by atoms with Gasteiger partial charge in [0, 0.05) is 6.61 Å². The van der Waals surface area contributed by atoms with E-state index in [-0.39, 0.29) is 12.7 Å². The molecule has 28 heavy (non-hydrogen) atoms. The highest BCUT2D eigenvalue weighted by atomic mass is 16.3. The van der Waals surface area contributed by atoms with E-state index in [0.717, 1.165) is 0 Å². The highest BCUT2D eigenvalue weighted by molar-refractivity contribution is 4.51. The molecule has 0 saturated heterocycles. The molecule has 0 aromatic rings. The second-order valence-corrected chi connectivity index (χ2v) is 8.82. The van der Waals surface area contributed by atoms with E-state index >= 15 is 0 Å². The summed E-state index contributed by atoms with van der Waals surface area (Å²) in [4.78, 5) is 2.30. The summed E-state index contributed by atoms with van der Waals surface area (Å²) in [6, 6.07) is 0. The molecule has 0 rings (SSSR count). The zero-order valence-corrected chi connectivity index (χ0v) is 20.1. The molecule has 0 aliphatic heterocycles. The molecule has 2 N–H and O–H groups in total. The van der Waals surface area contributed by atoms with E-state index in [9.17, 15) is 0 Å². The van der Waals surface area contributed by atoms with Crippen molar-refractivity contribution in [3.63, 3.8) is 0 Å². The summed E-state index contributed by atoms with van der Waals surface area (Å²) < 4.78 is 0. The van der Waals surface area contributed by atoms with Crippen molar-refractivity contribution in [2.24, 2.45) is 0 Å². The van der Waals surface area contributed by atoms with E-state index in [1.807, 2.05) is 0 Å². The van der Waals surface area contributed by atoms with Crippen LogP contribution in [0.3, 0.4) is 0 Å². The second-order valence-electron chi connectivity index (χ2n) is 8.82. The number of rotatable bonds is 20. The van der Waals surface area contributed by atoms with Crippen molar-refractivity contribution >= 4 is 0 Å². The number of nitrogens with zero attached hydrogens (tertiary/aromatic N) is 1. The molecule has 1 atom stereocenters. The van der Waals surface area contributed by atoms with Crippen LogP contribution in [-0.4, -0.2) is 48.5 Å². The van der Waals surface area contributed by atoms with Crippen molar-refractivity contribution in [1.29, 1.82) is 0 Å². The molecular weight excluding hydrogens is 346 g/mol. The van der Waals surface area contributed by atoms with E-state index < -0.39 is 0 Å². The van der Waals surface area contributed by atoms with Crippen LogP contribution < -0.4 is 0 Å². The maximum Gasteiger partial charge on any atom is 0.0513 e. The summed E-state index contributed by atoms with van der Waals surface area (Å²) in [7, 11) is 4.34. The molecule has 0 amide bonds. The first-order valence-corrected chi connectivity index (χ1v) is 12.5. The Morgan fingerprint density at radius 2 is 0.964 bits per heavy atom. The van der Waals surface area contributed by atoms with E-state index in [1.54, 1.807) is 6.92 Å². The molecule has 0 aromatic carbocycles. The first kappa shape index (κ1) is 30.1. The number of hydrogen-bond donors (Lipinski definition) is 2. The SMILES string of the molecule is CC(O)CCCO.CCCCCCCCCCCCCCCCCCN(C)C. The normalized spacial score (nSPS) is 12.1. The molecule has 3 nitrogen and oxygen atoms in total. The summed E-state index contributed by atoms with van der Waals surface area (Å²) in [5.74, 6) is 0. The smallest absolute Gasteiger partial charge is 0.0513 e. The molecule has 0 aliphatic rings. The summed E-state index contributed by atoms with van der Waals surface area (Å²) >= 11 is 0. The third-order valence-electron chi connectivity index (χ3n) is 5.24. The molecule has 0 saturated carbocycles. The third kappa shape index (κ3) is 33.5. The minimum absolute atomic E-state index is 0.185. The number of unbranched alkanes of at least 4 members (excludes halogenated alkanes) is 15. The van der Waals surface area contributed by atoms with E-state index in [2.05, 4.69) is 25.9 Å². The second kappa shape index (κ2) is 26.9. The predicted molar refractivity (Wildman–Crippen MR) is 126 cm³/mol. The Kier molecular flexibility index (Phi) is 28.9. The fourth-order valence-electron chi connectivity index (χ4n) is 3.36. The first-order chi connectivity index (χ1) is 13.5. The van der Waals surface area contributed by atoms with Gasteiger partial charge in [-0.15, -0.1) is 0 Å². The lowest BCUT2D eigenvalue weighted by atomic mass is 10.0. The van der Waals surface area contributed by atoms with Crippen LogP contribution in [0, 0.1) is 0 Å². The first-order valence-electron chi connectivity index (χ1n) is 12.5. The average molecular weight is 402 g/mol. The molecular formula is C25H55NO2. The van der Waals surface area contributed by atoms with Crippen molar-refractivity contribution in [2.75, 3.05) is 27.2 Å². The van der Waals surface area contributed by atoms with Crippen LogP contribution in [-0.2, 0) is 0 Å². The van der Waals surface area contributed by atoms with E-state index in [0.29, 0.717) is 12.8 Å². The van der Waals surface area contributed by atoms with Gasteiger partial charge < -0.3 is 15.1 Å². The molecule has 0 radical (unpaired) electrons. The van der Waals surface area contributed by atoms with Gasteiger partial charge in [-0.3, -0.25) is 0 Å². The van der Waals surface area contributed by atoms with Crippen molar-refractivity contribution in [3.8, 4) is 0 Å². The summed E-state index contributed by atoms with van der Waals surface area (Å²) in [6.07, 6.45) is 24.5. The van der Waals surface area contributed by atoms with Gasteiger partial charge in [0.05, 0.1) is 6.10 Å². The van der Waals surface area contributed by atoms with Crippen molar-refractivity contribution in [2.45, 2.75) is 136 Å². The van der Waals surface area contributed by atoms with Crippen LogP contribution >= 0.6 is 0 Å². The van der Waals surface area contributed by atoms with Gasteiger partial charge in [0.2, 0.25) is 0 Å². The Bertz CT molecular complexity index is 257. The van der Waals surface area contributed by atoms with Crippen LogP contribution in [0.1, 0.15) is 129 Å². The maximum atomic E-state index is 8.57. The standard InChI is InChI=1S/C20H43N.C5H12O2/c1-4-5-6-7-8-9-10-11-12-13-14-15-16-17-18-19-20-21(2)3;1-5(7)3-2-4-6/h4-20H2,1-3H3;5-7H,2-4H2,1H3. The van der Waals surface area contributed by atoms with E-state index in [4.69, 9.17) is 10.2 Å². The molecule has 0 heterocycles. The average Bonchev–Trinajstić information content (AvgIpc) is 2.66. The molecule has 0 bridgehead atoms. The highest BCUT2D eigenvalue weighted by Gasteiger charge is 1.95. The topological polar surface area (TPSA) is 43.7 Å². The van der Waals surface area contributed by atoms with Crippen LogP contribution in [0.5, 0.6) is 0 Å². The van der Waals surface area contributed by atoms with Crippen molar-refractivity contribution in [1.82, 2.24) is 4.90 Å². The number of aliphatic hydroxyl groups is 2. The Morgan fingerprint density at radius 3 is 1.21 bits per heavy atom. The lowest BCUT2D eigenvalue weighted by Crippen LogP contribution is -2.12. The van der Waals surface area contributed by atoms with E-state index in [1.165, 1.54) is 109 Å². The van der Waals surface area contributed by atoms with Gasteiger partial charge in [-0.05, 0) is 46.8 Å². The molecule has 3 heteroatoms. The predicted octanol–water partition coefficient (Wildman–Crippen LogP) is 6.95. The maximum absolute atomic E-state index is 8.57. The van der Waals surface area contributed by atoms with Gasteiger partial charge in [0.15, 0.2) is 0 Å². The fourth-order valence-corrected chi connectivity index (χ4v) is 3.36. The van der Waals surface area contributed by atoms with Crippen LogP contribution in [0.25, 0.3) is 0 Å². The van der Waals surface area contributed by atoms with Gasteiger partial charge >= 0.3 is 0 Å². The quantitative estimate of drug-likeness (QED) is 0.217.